The van der Waals surface area contributed by atoms with Crippen molar-refractivity contribution in [3.63, 3.8) is 0 Å². The monoisotopic (exact) mass is 279 g/mol. The highest BCUT2D eigenvalue weighted by Crippen LogP contribution is 2.19. The number of likely N-dealkylation sites (tertiary alicyclic amines) is 1. The average molecular weight is 279 g/mol. The lowest BCUT2D eigenvalue weighted by molar-refractivity contribution is 0.0925. The SMILES string of the molecule is CC(C)N1C[C@@H](C)[C@@H](NC(=O)c2cn(C(C)C)nn2)C1. The maximum atomic E-state index is 12.2. The summed E-state index contributed by atoms with van der Waals surface area (Å²) in [5.74, 6) is 0.334. The fraction of sp³-hybridized carbons (Fsp3) is 0.786. The molecule has 1 aromatic heterocycles. The van der Waals surface area contributed by atoms with E-state index in [9.17, 15) is 4.79 Å². The number of hydrogen-bond acceptors (Lipinski definition) is 4. The highest BCUT2D eigenvalue weighted by molar-refractivity contribution is 5.92. The van der Waals surface area contributed by atoms with Crippen LogP contribution in [0.4, 0.5) is 0 Å². The van der Waals surface area contributed by atoms with E-state index in [2.05, 4.69) is 41.3 Å². The van der Waals surface area contributed by atoms with Crippen molar-refractivity contribution in [1.29, 1.82) is 0 Å². The molecule has 1 aromatic rings. The van der Waals surface area contributed by atoms with Crippen LogP contribution in [-0.4, -0.2) is 51.0 Å². The van der Waals surface area contributed by atoms with Crippen molar-refractivity contribution in [1.82, 2.24) is 25.2 Å². The number of aromatic nitrogens is 3. The first-order chi connectivity index (χ1) is 9.38. The van der Waals surface area contributed by atoms with E-state index < -0.39 is 0 Å². The van der Waals surface area contributed by atoms with Gasteiger partial charge in [0.1, 0.15) is 0 Å². The lowest BCUT2D eigenvalue weighted by Crippen LogP contribution is -2.40. The minimum absolute atomic E-state index is 0.126. The van der Waals surface area contributed by atoms with Gasteiger partial charge in [0.25, 0.3) is 5.91 Å². The molecule has 0 bridgehead atoms. The van der Waals surface area contributed by atoms with Gasteiger partial charge in [-0.05, 0) is 33.6 Å². The number of nitrogens with one attached hydrogen (secondary N) is 1. The van der Waals surface area contributed by atoms with Crippen LogP contribution < -0.4 is 5.32 Å². The average Bonchev–Trinajstić information content (AvgIpc) is 2.97. The van der Waals surface area contributed by atoms with Crippen LogP contribution in [-0.2, 0) is 0 Å². The van der Waals surface area contributed by atoms with E-state index in [0.29, 0.717) is 17.7 Å². The van der Waals surface area contributed by atoms with Crippen LogP contribution in [0.2, 0.25) is 0 Å². The van der Waals surface area contributed by atoms with Crippen LogP contribution in [0, 0.1) is 5.92 Å². The van der Waals surface area contributed by atoms with Gasteiger partial charge in [0.05, 0.1) is 6.20 Å². The molecule has 1 amide bonds. The Labute approximate surface area is 120 Å². The van der Waals surface area contributed by atoms with Crippen LogP contribution in [0.3, 0.4) is 0 Å². The van der Waals surface area contributed by atoms with Gasteiger partial charge in [0.2, 0.25) is 0 Å². The number of carbonyl (C=O) groups excluding carboxylic acids is 1. The Morgan fingerprint density at radius 3 is 2.50 bits per heavy atom. The second-order valence-corrected chi connectivity index (χ2v) is 6.28. The van der Waals surface area contributed by atoms with E-state index in [1.807, 2.05) is 13.8 Å². The van der Waals surface area contributed by atoms with Gasteiger partial charge in [-0.1, -0.05) is 12.1 Å². The van der Waals surface area contributed by atoms with E-state index in [1.165, 1.54) is 0 Å². The van der Waals surface area contributed by atoms with Gasteiger partial charge in [-0.15, -0.1) is 5.10 Å². The second-order valence-electron chi connectivity index (χ2n) is 6.28. The van der Waals surface area contributed by atoms with Crippen molar-refractivity contribution in [3.8, 4) is 0 Å². The Morgan fingerprint density at radius 1 is 1.30 bits per heavy atom. The lowest BCUT2D eigenvalue weighted by Gasteiger charge is -2.20. The molecule has 1 aliphatic heterocycles. The first-order valence-electron chi connectivity index (χ1n) is 7.35. The van der Waals surface area contributed by atoms with Gasteiger partial charge < -0.3 is 5.32 Å². The fourth-order valence-electron chi connectivity index (χ4n) is 2.49. The lowest BCUT2D eigenvalue weighted by atomic mass is 10.1. The highest BCUT2D eigenvalue weighted by Gasteiger charge is 2.32. The normalized spacial score (nSPS) is 23.8. The minimum atomic E-state index is -0.126. The van der Waals surface area contributed by atoms with E-state index in [1.54, 1.807) is 10.9 Å². The Hall–Kier alpha value is -1.43. The van der Waals surface area contributed by atoms with E-state index in [0.717, 1.165) is 13.1 Å². The standard InChI is InChI=1S/C14H25N5O/c1-9(2)18-6-11(5)12(7-18)15-14(20)13-8-19(10(3)4)17-16-13/h8-12H,6-7H2,1-5H3,(H,15,20)/t11-,12+/m1/s1. The molecule has 0 aromatic carbocycles. The first-order valence-corrected chi connectivity index (χ1v) is 7.35. The summed E-state index contributed by atoms with van der Waals surface area (Å²) in [6.07, 6.45) is 1.71. The predicted octanol–water partition coefficient (Wildman–Crippen LogP) is 1.32. The molecule has 6 heteroatoms. The topological polar surface area (TPSA) is 63.1 Å². The smallest absolute Gasteiger partial charge is 0.273 e. The van der Waals surface area contributed by atoms with Crippen molar-refractivity contribution in [2.75, 3.05) is 13.1 Å². The maximum Gasteiger partial charge on any atom is 0.273 e. The van der Waals surface area contributed by atoms with E-state index in [-0.39, 0.29) is 18.0 Å². The Morgan fingerprint density at radius 2 is 2.00 bits per heavy atom. The van der Waals surface area contributed by atoms with Gasteiger partial charge in [-0.25, -0.2) is 4.68 Å². The summed E-state index contributed by atoms with van der Waals surface area (Å²) < 4.78 is 1.70. The fourth-order valence-corrected chi connectivity index (χ4v) is 2.49. The number of hydrogen-bond donors (Lipinski definition) is 1. The summed E-state index contributed by atoms with van der Waals surface area (Å²) in [7, 11) is 0. The van der Waals surface area contributed by atoms with Crippen LogP contribution in [0.25, 0.3) is 0 Å². The molecule has 1 N–H and O–H groups in total. The summed E-state index contributed by atoms with van der Waals surface area (Å²) in [5.41, 5.74) is 0.397. The predicted molar refractivity (Wildman–Crippen MR) is 77.5 cm³/mol. The molecule has 2 atom stereocenters. The summed E-state index contributed by atoms with van der Waals surface area (Å²) >= 11 is 0. The molecule has 1 fully saturated rings. The van der Waals surface area contributed by atoms with Crippen molar-refractivity contribution in [3.05, 3.63) is 11.9 Å². The van der Waals surface area contributed by atoms with E-state index >= 15 is 0 Å². The molecule has 0 aliphatic carbocycles. The summed E-state index contributed by atoms with van der Waals surface area (Å²) in [4.78, 5) is 14.6. The molecule has 0 radical (unpaired) electrons. The maximum absolute atomic E-state index is 12.2. The molecule has 6 nitrogen and oxygen atoms in total. The number of rotatable bonds is 4. The molecule has 2 heterocycles. The van der Waals surface area contributed by atoms with Crippen LogP contribution in [0.5, 0.6) is 0 Å². The molecule has 112 valence electrons. The van der Waals surface area contributed by atoms with Crippen LogP contribution >= 0.6 is 0 Å². The van der Waals surface area contributed by atoms with Crippen LogP contribution in [0.1, 0.15) is 51.1 Å². The number of carbonyl (C=O) groups is 1. The molecule has 1 saturated heterocycles. The largest absolute Gasteiger partial charge is 0.346 e. The molecule has 0 spiro atoms. The first kappa shape index (κ1) is 15.0. The second kappa shape index (κ2) is 5.91. The molecular weight excluding hydrogens is 254 g/mol. The van der Waals surface area contributed by atoms with Gasteiger partial charge >= 0.3 is 0 Å². The quantitative estimate of drug-likeness (QED) is 0.903. The van der Waals surface area contributed by atoms with Crippen molar-refractivity contribution in [2.45, 2.75) is 52.7 Å². The molecular formula is C14H25N5O. The van der Waals surface area contributed by atoms with Gasteiger partial charge in [-0.2, -0.15) is 0 Å². The number of amides is 1. The molecule has 1 aliphatic rings. The zero-order valence-corrected chi connectivity index (χ0v) is 13.0. The summed E-state index contributed by atoms with van der Waals surface area (Å²) in [5, 5.41) is 11.0. The Kier molecular flexibility index (Phi) is 4.42. The molecule has 2 rings (SSSR count). The molecule has 0 unspecified atom stereocenters. The third kappa shape index (κ3) is 3.17. The number of nitrogens with zero attached hydrogens (tertiary/aromatic N) is 4. The summed E-state index contributed by atoms with van der Waals surface area (Å²) in [6, 6.07) is 0.918. The van der Waals surface area contributed by atoms with Crippen molar-refractivity contribution < 1.29 is 4.79 Å². The van der Waals surface area contributed by atoms with Gasteiger partial charge in [0, 0.05) is 31.2 Å². The van der Waals surface area contributed by atoms with Crippen molar-refractivity contribution in [2.24, 2.45) is 5.92 Å². The Bertz CT molecular complexity index is 468. The van der Waals surface area contributed by atoms with Gasteiger partial charge in [-0.3, -0.25) is 9.69 Å². The summed E-state index contributed by atoms with van der Waals surface area (Å²) in [6.45, 7) is 12.5. The molecule has 0 saturated carbocycles. The highest BCUT2D eigenvalue weighted by atomic mass is 16.2. The molecule has 20 heavy (non-hydrogen) atoms. The Balaban J connectivity index is 1.97. The third-order valence-corrected chi connectivity index (χ3v) is 3.96. The zero-order chi connectivity index (χ0) is 14.9. The van der Waals surface area contributed by atoms with Crippen LogP contribution in [0.15, 0.2) is 6.20 Å². The van der Waals surface area contributed by atoms with Gasteiger partial charge in [0.15, 0.2) is 5.69 Å². The minimum Gasteiger partial charge on any atom is -0.346 e. The van der Waals surface area contributed by atoms with E-state index in [4.69, 9.17) is 0 Å². The zero-order valence-electron chi connectivity index (χ0n) is 13.0. The third-order valence-electron chi connectivity index (χ3n) is 3.96. The van der Waals surface area contributed by atoms with Crippen molar-refractivity contribution >= 4 is 5.91 Å².